The van der Waals surface area contributed by atoms with E-state index >= 15 is 0 Å². The Hall–Kier alpha value is -4.37. The fourth-order valence-corrected chi connectivity index (χ4v) is 5.11. The van der Waals surface area contributed by atoms with Crippen molar-refractivity contribution in [3.8, 4) is 11.5 Å². The van der Waals surface area contributed by atoms with E-state index in [0.717, 1.165) is 10.9 Å². The Morgan fingerprint density at radius 1 is 1.08 bits per heavy atom. The highest BCUT2D eigenvalue weighted by Gasteiger charge is 2.59. The van der Waals surface area contributed by atoms with Gasteiger partial charge >= 0.3 is 11.6 Å². The maximum atomic E-state index is 12.4. The molecule has 9 nitrogen and oxygen atoms in total. The summed E-state index contributed by atoms with van der Waals surface area (Å²) in [5.41, 5.74) is 1.48. The highest BCUT2D eigenvalue weighted by Crippen LogP contribution is 2.47. The molecule has 0 saturated carbocycles. The molecule has 0 aliphatic carbocycles. The summed E-state index contributed by atoms with van der Waals surface area (Å²) >= 11 is 0. The van der Waals surface area contributed by atoms with Crippen molar-refractivity contribution in [3.05, 3.63) is 94.0 Å². The summed E-state index contributed by atoms with van der Waals surface area (Å²) in [4.78, 5) is 37.0. The molecule has 2 aliphatic rings. The van der Waals surface area contributed by atoms with Gasteiger partial charge in [0.05, 0.1) is 18.1 Å². The number of carboxylic acids is 1. The number of benzene rings is 2. The van der Waals surface area contributed by atoms with Crippen LogP contribution in [0.1, 0.15) is 19.4 Å². The number of aliphatic hydroxyl groups is 1. The molecule has 38 heavy (non-hydrogen) atoms. The number of β-lactam (4-membered cyclic amide) rings is 1. The Bertz CT molecular complexity index is 1500. The van der Waals surface area contributed by atoms with Crippen LogP contribution in [0.3, 0.4) is 0 Å². The van der Waals surface area contributed by atoms with Gasteiger partial charge in [-0.15, -0.1) is 0 Å². The third kappa shape index (κ3) is 4.68. The monoisotopic (exact) mass is 517 g/mol. The Balaban J connectivity index is 1.17. The molecule has 1 unspecified atom stereocenters. The number of aliphatic carboxylic acids is 1. The molecule has 0 bridgehead atoms. The molecule has 0 radical (unpaired) electrons. The van der Waals surface area contributed by atoms with Crippen LogP contribution in [-0.4, -0.2) is 45.7 Å². The average Bonchev–Trinajstić information content (AvgIpc) is 3.13. The Morgan fingerprint density at radius 3 is 2.50 bits per heavy atom. The summed E-state index contributed by atoms with van der Waals surface area (Å²) in [6, 6.07) is 15.4. The van der Waals surface area contributed by atoms with Crippen molar-refractivity contribution in [1.29, 1.82) is 0 Å². The molecule has 3 aromatic rings. The van der Waals surface area contributed by atoms with Gasteiger partial charge in [-0.2, -0.15) is 0 Å². The van der Waals surface area contributed by atoms with Gasteiger partial charge in [0.2, 0.25) is 5.91 Å². The number of carbonyl (C=O) groups excluding carboxylic acids is 1. The van der Waals surface area contributed by atoms with E-state index in [4.69, 9.17) is 13.9 Å². The number of aliphatic hydroxyl groups excluding tert-OH is 1. The minimum absolute atomic E-state index is 0.0291. The Labute approximate surface area is 218 Å². The zero-order chi connectivity index (χ0) is 27.0. The molecule has 1 saturated heterocycles. The molecular weight excluding hydrogens is 490 g/mol. The first-order chi connectivity index (χ1) is 18.2. The van der Waals surface area contributed by atoms with Crippen LogP contribution in [0, 0.1) is 11.8 Å². The molecule has 9 heteroatoms. The number of ether oxygens (including phenoxy) is 2. The van der Waals surface area contributed by atoms with Crippen molar-refractivity contribution >= 4 is 22.8 Å². The zero-order valence-corrected chi connectivity index (χ0v) is 20.9. The predicted octanol–water partition coefficient (Wildman–Crippen LogP) is 3.50. The minimum Gasteiger partial charge on any atom is -0.490 e. The average molecular weight is 518 g/mol. The first kappa shape index (κ1) is 25.3. The minimum atomic E-state index is -1.16. The lowest BCUT2D eigenvalue weighted by Crippen LogP contribution is -2.63. The highest BCUT2D eigenvalue weighted by atomic mass is 16.5. The van der Waals surface area contributed by atoms with E-state index < -0.39 is 23.6 Å². The molecule has 2 N–H and O–H groups in total. The van der Waals surface area contributed by atoms with Crippen LogP contribution in [-0.2, 0) is 16.2 Å². The van der Waals surface area contributed by atoms with Crippen molar-refractivity contribution in [3.63, 3.8) is 0 Å². The topological polar surface area (TPSA) is 127 Å². The predicted molar refractivity (Wildman–Crippen MR) is 138 cm³/mol. The number of carbonyl (C=O) groups is 2. The summed E-state index contributed by atoms with van der Waals surface area (Å²) < 4.78 is 16.8. The van der Waals surface area contributed by atoms with Crippen LogP contribution in [0.25, 0.3) is 11.0 Å². The number of hydrogen-bond donors (Lipinski definition) is 2. The lowest BCUT2D eigenvalue weighted by Gasteiger charge is -2.46. The fraction of sp³-hybridized carbons (Fsp3) is 0.276. The molecule has 0 spiro atoms. The van der Waals surface area contributed by atoms with E-state index in [1.54, 1.807) is 31.2 Å². The summed E-state index contributed by atoms with van der Waals surface area (Å²) in [6.07, 6.45) is 2.57. The Kier molecular flexibility index (Phi) is 6.77. The van der Waals surface area contributed by atoms with Crippen LogP contribution in [0.4, 0.5) is 0 Å². The molecule has 2 aliphatic heterocycles. The van der Waals surface area contributed by atoms with E-state index in [1.807, 2.05) is 43.3 Å². The quantitative estimate of drug-likeness (QED) is 0.326. The standard InChI is InChI=1S/C29H27NO8/c1-16-22(27(29(34)35)30-26(16)25(17(2)31)28(30)33)4-3-13-36-20-9-5-18(6-10-20)15-37-21-11-7-19-8-12-24(32)38-23(19)14-21/h3-12,14,16-17,25-26,31H,13,15H2,1-2H3,(H,34,35)/b4-3+/t16-,17?,25+,26+/m0/s1. The van der Waals surface area contributed by atoms with Gasteiger partial charge in [0.25, 0.3) is 0 Å². The van der Waals surface area contributed by atoms with Crippen molar-refractivity contribution in [2.24, 2.45) is 11.8 Å². The summed E-state index contributed by atoms with van der Waals surface area (Å²) in [5.74, 6) is -1.11. The zero-order valence-electron chi connectivity index (χ0n) is 20.9. The molecule has 2 aromatic carbocycles. The van der Waals surface area contributed by atoms with Gasteiger partial charge in [-0.3, -0.25) is 4.79 Å². The van der Waals surface area contributed by atoms with Crippen LogP contribution in [0.2, 0.25) is 0 Å². The van der Waals surface area contributed by atoms with Gasteiger partial charge < -0.3 is 29.0 Å². The van der Waals surface area contributed by atoms with Crippen molar-refractivity contribution in [2.75, 3.05) is 6.61 Å². The van der Waals surface area contributed by atoms with Crippen molar-refractivity contribution in [2.45, 2.75) is 32.6 Å². The molecule has 1 amide bonds. The summed E-state index contributed by atoms with van der Waals surface area (Å²) in [5, 5.41) is 20.5. The Morgan fingerprint density at radius 2 is 1.79 bits per heavy atom. The fourth-order valence-electron chi connectivity index (χ4n) is 5.11. The highest BCUT2D eigenvalue weighted by molar-refractivity contribution is 6.00. The number of carboxylic acid groups (broad SMARTS) is 1. The van der Waals surface area contributed by atoms with Gasteiger partial charge in [-0.1, -0.05) is 25.1 Å². The second-order valence-corrected chi connectivity index (χ2v) is 9.46. The molecule has 4 atom stereocenters. The normalized spacial score (nSPS) is 21.5. The number of rotatable bonds is 9. The SMILES string of the molecule is CC(O)[C@H]1C(=O)N2C(C(=O)O)=C(/C=C/COc3ccc(COc4ccc5ccc(=O)oc5c4)cc3)[C@H](C)[C@H]12. The lowest BCUT2D eigenvalue weighted by molar-refractivity contribution is -0.163. The molecule has 5 rings (SSSR count). The van der Waals surface area contributed by atoms with Crippen LogP contribution in [0.15, 0.2) is 87.2 Å². The van der Waals surface area contributed by atoms with Crippen molar-refractivity contribution in [1.82, 2.24) is 4.90 Å². The number of hydrogen-bond acceptors (Lipinski definition) is 7. The van der Waals surface area contributed by atoms with Gasteiger partial charge in [-0.05, 0) is 54.5 Å². The van der Waals surface area contributed by atoms with Crippen LogP contribution in [0.5, 0.6) is 11.5 Å². The second-order valence-electron chi connectivity index (χ2n) is 9.46. The van der Waals surface area contributed by atoms with Gasteiger partial charge in [0, 0.05) is 23.4 Å². The van der Waals surface area contributed by atoms with Gasteiger partial charge in [0.15, 0.2) is 0 Å². The lowest BCUT2D eigenvalue weighted by atomic mass is 9.78. The molecular formula is C29H27NO8. The third-order valence-electron chi connectivity index (χ3n) is 7.00. The number of nitrogens with zero attached hydrogens (tertiary/aromatic N) is 1. The van der Waals surface area contributed by atoms with Gasteiger partial charge in [-0.25, -0.2) is 9.59 Å². The summed E-state index contributed by atoms with van der Waals surface area (Å²) in [7, 11) is 0. The van der Waals surface area contributed by atoms with E-state index in [9.17, 15) is 24.6 Å². The second kappa shape index (κ2) is 10.2. The molecule has 1 fully saturated rings. The van der Waals surface area contributed by atoms with Crippen molar-refractivity contribution < 1.29 is 33.7 Å². The number of fused-ring (bicyclic) bond motifs is 2. The molecule has 3 heterocycles. The van der Waals surface area contributed by atoms with Crippen LogP contribution < -0.4 is 15.1 Å². The maximum Gasteiger partial charge on any atom is 0.352 e. The smallest absolute Gasteiger partial charge is 0.352 e. The first-order valence-corrected chi connectivity index (χ1v) is 12.3. The maximum absolute atomic E-state index is 12.4. The number of amides is 1. The van der Waals surface area contributed by atoms with E-state index in [0.29, 0.717) is 29.3 Å². The molecule has 1 aromatic heterocycles. The summed E-state index contributed by atoms with van der Waals surface area (Å²) in [6.45, 7) is 3.94. The van der Waals surface area contributed by atoms with Crippen LogP contribution >= 0.6 is 0 Å². The first-order valence-electron chi connectivity index (χ1n) is 12.3. The van der Waals surface area contributed by atoms with E-state index in [2.05, 4.69) is 0 Å². The molecule has 196 valence electrons. The largest absolute Gasteiger partial charge is 0.490 e. The third-order valence-corrected chi connectivity index (χ3v) is 7.00. The van der Waals surface area contributed by atoms with E-state index in [-0.39, 0.29) is 30.2 Å². The van der Waals surface area contributed by atoms with Gasteiger partial charge in [0.1, 0.15) is 36.0 Å². The number of allylic oxidation sites excluding steroid dienone is 1. The van der Waals surface area contributed by atoms with E-state index in [1.165, 1.54) is 11.0 Å².